The van der Waals surface area contributed by atoms with Crippen molar-refractivity contribution in [3.63, 3.8) is 0 Å². The minimum atomic E-state index is -2.11. The molecule has 3 aromatic rings. The van der Waals surface area contributed by atoms with Crippen LogP contribution in [-0.2, 0) is 0 Å². The van der Waals surface area contributed by atoms with Crippen LogP contribution >= 0.6 is 0 Å². The zero-order valence-corrected chi connectivity index (χ0v) is 28.0. The summed E-state index contributed by atoms with van der Waals surface area (Å²) < 4.78 is 6.57. The molecule has 0 amide bonds. The van der Waals surface area contributed by atoms with Gasteiger partial charge >= 0.3 is 0 Å². The summed E-state index contributed by atoms with van der Waals surface area (Å²) in [6.07, 6.45) is 5.02. The summed E-state index contributed by atoms with van der Waals surface area (Å²) in [7, 11) is -2.11. The first-order valence-corrected chi connectivity index (χ1v) is 17.9. The predicted molar refractivity (Wildman–Crippen MR) is 179 cm³/mol. The molecule has 0 aromatic heterocycles. The Bertz CT molecular complexity index is 1080. The van der Waals surface area contributed by atoms with E-state index in [1.54, 1.807) is 0 Å². The highest BCUT2D eigenvalue weighted by Gasteiger charge is 2.37. The molecule has 0 saturated carbocycles. The Kier molecular flexibility index (Phi) is 11.3. The lowest BCUT2D eigenvalue weighted by molar-refractivity contribution is 0.147. The van der Waals surface area contributed by atoms with Crippen molar-refractivity contribution in [2.75, 3.05) is 6.61 Å². The highest BCUT2D eigenvalue weighted by Crippen LogP contribution is 2.34. The second-order valence-corrected chi connectivity index (χ2v) is 19.0. The Balaban J connectivity index is 1.80. The third kappa shape index (κ3) is 9.10. The molecule has 0 aliphatic carbocycles. The Morgan fingerprint density at radius 3 is 1.55 bits per heavy atom. The first kappa shape index (κ1) is 32.2. The van der Waals surface area contributed by atoms with Gasteiger partial charge in [0.05, 0.1) is 6.61 Å². The third-order valence-corrected chi connectivity index (χ3v) is 13.6. The fourth-order valence-corrected chi connectivity index (χ4v) is 11.4. The van der Waals surface area contributed by atoms with Crippen LogP contribution in [0, 0.1) is 28.6 Å². The van der Waals surface area contributed by atoms with Gasteiger partial charge in [-0.25, -0.2) is 0 Å². The lowest BCUT2D eigenvalue weighted by atomic mass is 9.76. The second kappa shape index (κ2) is 14.0. The van der Waals surface area contributed by atoms with E-state index in [2.05, 4.69) is 147 Å². The van der Waals surface area contributed by atoms with Gasteiger partial charge in [0, 0.05) is 0 Å². The highest BCUT2D eigenvalue weighted by atomic mass is 28.3. The van der Waals surface area contributed by atoms with Crippen LogP contribution < -0.4 is 20.3 Å². The number of rotatable bonds is 13. The molecule has 3 unspecified atom stereocenters. The van der Waals surface area contributed by atoms with Gasteiger partial charge in [-0.15, -0.1) is 0 Å². The first-order chi connectivity index (χ1) is 18.8. The smallest absolute Gasteiger partial charge is 0.148 e. The summed E-state index contributed by atoms with van der Waals surface area (Å²) in [5.41, 5.74) is 0.722. The van der Waals surface area contributed by atoms with E-state index in [1.807, 2.05) is 0 Å². The molecule has 0 spiro atoms. The second-order valence-electron chi connectivity index (χ2n) is 14.8. The Morgan fingerprint density at radius 1 is 0.625 bits per heavy atom. The molecule has 0 radical (unpaired) electrons. The molecule has 0 bridgehead atoms. The number of hydrogen-bond acceptors (Lipinski definition) is 1. The maximum absolute atomic E-state index is 6.57. The summed E-state index contributed by atoms with van der Waals surface area (Å²) in [4.78, 5) is 0. The van der Waals surface area contributed by atoms with Crippen molar-refractivity contribution < 1.29 is 4.74 Å². The Labute approximate surface area is 247 Å². The third-order valence-electron chi connectivity index (χ3n) is 8.60. The molecule has 0 aliphatic rings. The van der Waals surface area contributed by atoms with Crippen LogP contribution in [0.2, 0.25) is 6.04 Å². The lowest BCUT2D eigenvalue weighted by Crippen LogP contribution is -2.66. The molecule has 40 heavy (non-hydrogen) atoms. The van der Waals surface area contributed by atoms with Crippen LogP contribution in [0.4, 0.5) is 0 Å². The van der Waals surface area contributed by atoms with Gasteiger partial charge in [0.2, 0.25) is 0 Å². The Morgan fingerprint density at radius 2 is 1.10 bits per heavy atom. The number of ether oxygens (including phenoxy) is 1. The molecular formula is C38H56OSi. The van der Waals surface area contributed by atoms with Crippen LogP contribution in [0.3, 0.4) is 0 Å². The van der Waals surface area contributed by atoms with Gasteiger partial charge < -0.3 is 4.74 Å². The van der Waals surface area contributed by atoms with E-state index in [4.69, 9.17) is 4.74 Å². The maximum Gasteiger partial charge on any atom is 0.148 e. The van der Waals surface area contributed by atoms with Crippen molar-refractivity contribution in [3.05, 3.63) is 84.9 Å². The van der Waals surface area contributed by atoms with Gasteiger partial charge in [-0.1, -0.05) is 142 Å². The summed E-state index contributed by atoms with van der Waals surface area (Å²) >= 11 is 0. The molecule has 218 valence electrons. The Hall–Kier alpha value is -2.32. The van der Waals surface area contributed by atoms with E-state index < -0.39 is 8.07 Å². The molecule has 0 fully saturated rings. The number of hydrogen-bond donors (Lipinski definition) is 0. The van der Waals surface area contributed by atoms with Crippen molar-refractivity contribution in [2.24, 2.45) is 28.6 Å². The highest BCUT2D eigenvalue weighted by molar-refractivity contribution is 7.11. The van der Waals surface area contributed by atoms with Crippen molar-refractivity contribution in [3.8, 4) is 5.75 Å². The van der Waals surface area contributed by atoms with Crippen LogP contribution in [0.1, 0.15) is 88.0 Å². The van der Waals surface area contributed by atoms with E-state index in [0.717, 1.165) is 24.3 Å². The normalized spacial score (nSPS) is 14.9. The molecule has 3 atom stereocenters. The molecule has 3 aromatic carbocycles. The lowest BCUT2D eigenvalue weighted by Gasteiger charge is -2.33. The maximum atomic E-state index is 6.57. The molecule has 1 nitrogen and oxygen atoms in total. The van der Waals surface area contributed by atoms with E-state index in [9.17, 15) is 0 Å². The molecular weight excluding hydrogens is 501 g/mol. The summed E-state index contributed by atoms with van der Waals surface area (Å²) in [5.74, 6) is 2.95. The SMILES string of the molecule is CC[Si](c1ccccc1)(c1ccccc1)c1ccc(OCC(CCC(C)CC(C)(C)C)C(C)CC(C)(C)C)cc1. The summed E-state index contributed by atoms with van der Waals surface area (Å²) in [6, 6.07) is 32.6. The van der Waals surface area contributed by atoms with Gasteiger partial charge in [0.25, 0.3) is 0 Å². The largest absolute Gasteiger partial charge is 0.493 e. The quantitative estimate of drug-likeness (QED) is 0.151. The molecule has 2 heteroatoms. The summed E-state index contributed by atoms with van der Waals surface area (Å²) in [6.45, 7) is 22.2. The van der Waals surface area contributed by atoms with Gasteiger partial charge in [-0.2, -0.15) is 0 Å². The van der Waals surface area contributed by atoms with Crippen molar-refractivity contribution >= 4 is 23.6 Å². The van der Waals surface area contributed by atoms with E-state index in [-0.39, 0.29) is 0 Å². The van der Waals surface area contributed by atoms with Gasteiger partial charge in [0.15, 0.2) is 0 Å². The minimum absolute atomic E-state index is 0.333. The van der Waals surface area contributed by atoms with Crippen molar-refractivity contribution in [1.29, 1.82) is 0 Å². The number of benzene rings is 3. The van der Waals surface area contributed by atoms with Gasteiger partial charge in [-0.05, 0) is 81.6 Å². The van der Waals surface area contributed by atoms with Crippen molar-refractivity contribution in [2.45, 2.75) is 94.0 Å². The van der Waals surface area contributed by atoms with E-state index >= 15 is 0 Å². The van der Waals surface area contributed by atoms with Gasteiger partial charge in [0.1, 0.15) is 13.8 Å². The average molecular weight is 557 g/mol. The molecule has 0 N–H and O–H groups in total. The van der Waals surface area contributed by atoms with Crippen LogP contribution in [0.5, 0.6) is 5.75 Å². The van der Waals surface area contributed by atoms with E-state index in [0.29, 0.717) is 22.7 Å². The monoisotopic (exact) mass is 556 g/mol. The predicted octanol–water partition coefficient (Wildman–Crippen LogP) is 9.10. The van der Waals surface area contributed by atoms with Crippen LogP contribution in [0.25, 0.3) is 0 Å². The zero-order valence-electron chi connectivity index (χ0n) is 27.0. The molecule has 3 rings (SSSR count). The van der Waals surface area contributed by atoms with Crippen molar-refractivity contribution in [1.82, 2.24) is 0 Å². The average Bonchev–Trinajstić information content (AvgIpc) is 2.89. The van der Waals surface area contributed by atoms with E-state index in [1.165, 1.54) is 41.2 Å². The fourth-order valence-electron chi connectivity index (χ4n) is 6.91. The summed E-state index contributed by atoms with van der Waals surface area (Å²) in [5, 5.41) is 4.39. The first-order valence-electron chi connectivity index (χ1n) is 15.7. The topological polar surface area (TPSA) is 9.23 Å². The molecule has 0 saturated heterocycles. The molecule has 0 heterocycles. The van der Waals surface area contributed by atoms with Crippen LogP contribution in [-0.4, -0.2) is 14.7 Å². The minimum Gasteiger partial charge on any atom is -0.493 e. The van der Waals surface area contributed by atoms with Crippen LogP contribution in [0.15, 0.2) is 84.9 Å². The molecule has 0 aliphatic heterocycles. The van der Waals surface area contributed by atoms with Gasteiger partial charge in [-0.3, -0.25) is 0 Å². The zero-order chi connectivity index (χ0) is 29.4. The fraction of sp³-hybridized carbons (Fsp3) is 0.526. The standard InChI is InChI=1S/C38H56OSi/c1-10-40(34-17-13-11-14-18-34,35-19-15-12-16-20-35)36-25-23-33(24-26-36)39-29-32(31(3)28-38(7,8)9)22-21-30(2)27-37(4,5)6/h11-20,23-26,30-32H,10,21-22,27-29H2,1-9H3.